The highest BCUT2D eigenvalue weighted by Gasteiger charge is 2.41. The quantitative estimate of drug-likeness (QED) is 0.769. The lowest BCUT2D eigenvalue weighted by molar-refractivity contribution is 0.0842. The van der Waals surface area contributed by atoms with Crippen LogP contribution in [-0.4, -0.2) is 38.8 Å². The van der Waals surface area contributed by atoms with Gasteiger partial charge in [-0.25, -0.2) is 0 Å². The molecule has 0 aromatic carbocycles. The van der Waals surface area contributed by atoms with E-state index in [1.165, 1.54) is 31.2 Å². The third-order valence-electron chi connectivity index (χ3n) is 6.45. The van der Waals surface area contributed by atoms with Gasteiger partial charge in [0.25, 0.3) is 0 Å². The van der Waals surface area contributed by atoms with Gasteiger partial charge in [-0.1, -0.05) is 18.9 Å². The molecule has 1 aliphatic carbocycles. The summed E-state index contributed by atoms with van der Waals surface area (Å²) in [5.74, 6) is 0. The van der Waals surface area contributed by atoms with E-state index in [9.17, 15) is 0 Å². The summed E-state index contributed by atoms with van der Waals surface area (Å²) in [4.78, 5) is 6.97. The van der Waals surface area contributed by atoms with Crippen molar-refractivity contribution in [3.05, 3.63) is 54.1 Å². The molecule has 0 bridgehead atoms. The van der Waals surface area contributed by atoms with Crippen molar-refractivity contribution in [2.24, 2.45) is 0 Å². The zero-order valence-electron chi connectivity index (χ0n) is 16.2. The fraction of sp³-hybridized carbons (Fsp3) is 0.545. The maximum atomic E-state index is 5.92. The normalized spacial score (nSPS) is 28.2. The Labute approximate surface area is 172 Å². The van der Waals surface area contributed by atoms with E-state index in [2.05, 4.69) is 50.4 Å². The molecule has 4 heterocycles. The lowest BCUT2D eigenvalue weighted by Gasteiger charge is -2.29. The van der Waals surface area contributed by atoms with E-state index < -0.39 is 0 Å². The van der Waals surface area contributed by atoms with Gasteiger partial charge in [-0.05, 0) is 61.7 Å². The fourth-order valence-electron chi connectivity index (χ4n) is 5.01. The number of aromatic nitrogens is 2. The minimum absolute atomic E-state index is 0.0644. The molecule has 6 heteroatoms. The fourth-order valence-corrected chi connectivity index (χ4v) is 5.32. The Bertz CT molecular complexity index is 811. The summed E-state index contributed by atoms with van der Waals surface area (Å²) in [5.41, 5.74) is 2.35. The zero-order chi connectivity index (χ0) is 18.9. The SMILES string of the molecule is S=C1N[C@H](c2ccccn2)[C@H](c2ccn(C3CCCC3)c2)N1C[C@H]1CCCO1. The molecule has 0 radical (unpaired) electrons. The third-order valence-corrected chi connectivity index (χ3v) is 6.80. The molecule has 5 nitrogen and oxygen atoms in total. The summed E-state index contributed by atoms with van der Waals surface area (Å²) in [6, 6.07) is 9.25. The molecular formula is C22H28N4OS. The van der Waals surface area contributed by atoms with Crippen LogP contribution < -0.4 is 5.32 Å². The summed E-state index contributed by atoms with van der Waals surface area (Å²) in [7, 11) is 0. The first-order valence-electron chi connectivity index (χ1n) is 10.6. The van der Waals surface area contributed by atoms with Crippen LogP contribution in [0.15, 0.2) is 42.9 Å². The summed E-state index contributed by atoms with van der Waals surface area (Å²) in [5, 5.41) is 4.36. The first-order chi connectivity index (χ1) is 13.8. The maximum Gasteiger partial charge on any atom is 0.170 e. The van der Waals surface area contributed by atoms with Crippen molar-refractivity contribution in [2.45, 2.75) is 62.8 Å². The van der Waals surface area contributed by atoms with Crippen molar-refractivity contribution in [2.75, 3.05) is 13.2 Å². The lowest BCUT2D eigenvalue weighted by atomic mass is 9.99. The van der Waals surface area contributed by atoms with Gasteiger partial charge >= 0.3 is 0 Å². The van der Waals surface area contributed by atoms with Crippen LogP contribution in [0.25, 0.3) is 0 Å². The Kier molecular flexibility index (Phi) is 5.07. The van der Waals surface area contributed by atoms with Crippen LogP contribution in [0.2, 0.25) is 0 Å². The van der Waals surface area contributed by atoms with Crippen molar-refractivity contribution < 1.29 is 4.74 Å². The largest absolute Gasteiger partial charge is 0.376 e. The molecule has 3 fully saturated rings. The molecule has 3 aliphatic rings. The molecule has 28 heavy (non-hydrogen) atoms. The summed E-state index contributed by atoms with van der Waals surface area (Å²) >= 11 is 5.77. The van der Waals surface area contributed by atoms with Crippen LogP contribution in [-0.2, 0) is 4.74 Å². The van der Waals surface area contributed by atoms with Crippen LogP contribution >= 0.6 is 12.2 Å². The van der Waals surface area contributed by atoms with Crippen LogP contribution in [0, 0.1) is 0 Å². The molecule has 5 rings (SSSR count). The summed E-state index contributed by atoms with van der Waals surface area (Å²) in [6.45, 7) is 1.71. The molecule has 0 amide bonds. The van der Waals surface area contributed by atoms with Gasteiger partial charge in [-0.3, -0.25) is 4.98 Å². The maximum absolute atomic E-state index is 5.92. The summed E-state index contributed by atoms with van der Waals surface area (Å²) < 4.78 is 8.35. The second-order valence-corrected chi connectivity index (χ2v) is 8.63. The van der Waals surface area contributed by atoms with Gasteiger partial charge < -0.3 is 19.5 Å². The molecule has 2 aromatic heterocycles. The molecule has 3 atom stereocenters. The summed E-state index contributed by atoms with van der Waals surface area (Å²) in [6.07, 6.45) is 14.3. The monoisotopic (exact) mass is 396 g/mol. The molecule has 2 aromatic rings. The topological polar surface area (TPSA) is 42.3 Å². The molecule has 148 valence electrons. The predicted molar refractivity (Wildman–Crippen MR) is 113 cm³/mol. The third kappa shape index (κ3) is 3.44. The zero-order valence-corrected chi connectivity index (χ0v) is 17.0. The van der Waals surface area contributed by atoms with Gasteiger partial charge in [-0.2, -0.15) is 0 Å². The molecule has 2 aliphatic heterocycles. The van der Waals surface area contributed by atoms with E-state index in [0.29, 0.717) is 6.04 Å². The van der Waals surface area contributed by atoms with E-state index in [-0.39, 0.29) is 18.2 Å². The van der Waals surface area contributed by atoms with Gasteiger partial charge in [0.15, 0.2) is 5.11 Å². The number of nitrogens with zero attached hydrogens (tertiary/aromatic N) is 3. The minimum Gasteiger partial charge on any atom is -0.376 e. The standard InChI is InChI=1S/C22H28N4OS/c28-22-24-20(19-9-3-4-11-23-19)21(26(22)15-18-8-5-13-27-18)16-10-12-25(14-16)17-6-1-2-7-17/h3-4,9-12,14,17-18,20-21H,1-2,5-8,13,15H2,(H,24,28)/t18-,20-,21+/m1/s1. The van der Waals surface area contributed by atoms with Gasteiger partial charge in [0.05, 0.1) is 23.9 Å². The average Bonchev–Trinajstić information content (AvgIpc) is 3.51. The molecule has 0 spiro atoms. The number of hydrogen-bond acceptors (Lipinski definition) is 3. The van der Waals surface area contributed by atoms with Crippen molar-refractivity contribution in [1.82, 2.24) is 19.8 Å². The average molecular weight is 397 g/mol. The number of rotatable bonds is 5. The molecule has 2 saturated heterocycles. The second-order valence-electron chi connectivity index (χ2n) is 8.24. The first-order valence-corrected chi connectivity index (χ1v) is 11.0. The Balaban J connectivity index is 1.47. The van der Waals surface area contributed by atoms with E-state index >= 15 is 0 Å². The van der Waals surface area contributed by atoms with Gasteiger partial charge in [0.2, 0.25) is 0 Å². The smallest absolute Gasteiger partial charge is 0.170 e. The van der Waals surface area contributed by atoms with Gasteiger partial charge in [0.1, 0.15) is 0 Å². The Hall–Kier alpha value is -1.92. The highest BCUT2D eigenvalue weighted by Crippen LogP contribution is 2.40. The number of ether oxygens (including phenoxy) is 1. The lowest BCUT2D eigenvalue weighted by Crippen LogP contribution is -2.36. The van der Waals surface area contributed by atoms with Crippen molar-refractivity contribution in [1.29, 1.82) is 0 Å². The van der Waals surface area contributed by atoms with Crippen LogP contribution in [0.4, 0.5) is 0 Å². The predicted octanol–water partition coefficient (Wildman–Crippen LogP) is 4.15. The van der Waals surface area contributed by atoms with Crippen molar-refractivity contribution >= 4 is 17.3 Å². The highest BCUT2D eigenvalue weighted by molar-refractivity contribution is 7.80. The first kappa shape index (κ1) is 18.1. The Morgan fingerprint density at radius 1 is 1.14 bits per heavy atom. The van der Waals surface area contributed by atoms with E-state index in [0.717, 1.165) is 36.8 Å². The Morgan fingerprint density at radius 3 is 2.79 bits per heavy atom. The van der Waals surface area contributed by atoms with Crippen LogP contribution in [0.5, 0.6) is 0 Å². The number of thiocarbonyl (C=S) groups is 1. The van der Waals surface area contributed by atoms with E-state index in [1.807, 2.05) is 12.3 Å². The minimum atomic E-state index is 0.0644. The molecular weight excluding hydrogens is 368 g/mol. The number of hydrogen-bond donors (Lipinski definition) is 1. The van der Waals surface area contributed by atoms with Crippen molar-refractivity contribution in [3.8, 4) is 0 Å². The molecule has 1 N–H and O–H groups in total. The molecule has 0 unspecified atom stereocenters. The highest BCUT2D eigenvalue weighted by atomic mass is 32.1. The van der Waals surface area contributed by atoms with Crippen LogP contribution in [0.3, 0.4) is 0 Å². The van der Waals surface area contributed by atoms with E-state index in [1.54, 1.807) is 0 Å². The van der Waals surface area contributed by atoms with Gasteiger partial charge in [0, 0.05) is 37.8 Å². The van der Waals surface area contributed by atoms with Crippen molar-refractivity contribution in [3.63, 3.8) is 0 Å². The van der Waals surface area contributed by atoms with Crippen LogP contribution in [0.1, 0.15) is 67.9 Å². The Morgan fingerprint density at radius 2 is 2.04 bits per heavy atom. The number of pyridine rings is 1. The van der Waals surface area contributed by atoms with E-state index in [4.69, 9.17) is 17.0 Å². The number of nitrogens with one attached hydrogen (secondary N) is 1. The molecule has 1 saturated carbocycles. The second kappa shape index (κ2) is 7.84. The van der Waals surface area contributed by atoms with Gasteiger partial charge in [-0.15, -0.1) is 0 Å².